The largest absolute Gasteiger partial charge is 4.00 e. The van der Waals surface area contributed by atoms with E-state index in [0.717, 1.165) is 12.0 Å². The molecule has 0 unspecified atom stereocenters. The molecule has 5 heteroatoms. The number of hydrogen-bond donors (Lipinski definition) is 0. The third kappa shape index (κ3) is 4.13. The van der Waals surface area contributed by atoms with Gasteiger partial charge in [0, 0.05) is 5.56 Å². The fraction of sp³-hybridized carbons (Fsp3) is 0.231. The molecule has 1 aliphatic rings. The Morgan fingerprint density at radius 3 is 2.67 bits per heavy atom. The van der Waals surface area contributed by atoms with E-state index < -0.39 is 0 Å². The van der Waals surface area contributed by atoms with Gasteiger partial charge in [-0.2, -0.15) is 0 Å². The number of benzene rings is 1. The molecule has 1 amide bonds. The van der Waals surface area contributed by atoms with Crippen LogP contribution in [0.2, 0.25) is 0 Å². The summed E-state index contributed by atoms with van der Waals surface area (Å²) in [4.78, 5) is 11.7. The first-order chi connectivity index (χ1) is 7.22. The van der Waals surface area contributed by atoms with Gasteiger partial charge < -0.3 is 41.8 Å². The molecule has 0 aliphatic heterocycles. The first kappa shape index (κ1) is 20.1. The number of nitrogens with zero attached hydrogens (tertiary/aromatic N) is 1. The average Bonchev–Trinajstić information content (AvgIpc) is 2.57. The second kappa shape index (κ2) is 8.76. The molecule has 0 N–H and O–H groups in total. The van der Waals surface area contributed by atoms with E-state index in [0.29, 0.717) is 12.1 Å². The van der Waals surface area contributed by atoms with Crippen molar-refractivity contribution in [1.29, 1.82) is 0 Å². The van der Waals surface area contributed by atoms with Crippen molar-refractivity contribution in [1.82, 2.24) is 0 Å². The monoisotopic (exact) mass is 317 g/mol. The van der Waals surface area contributed by atoms with Crippen LogP contribution in [0.15, 0.2) is 23.8 Å². The predicted octanol–water partition coefficient (Wildman–Crippen LogP) is -3.00. The van der Waals surface area contributed by atoms with Crippen molar-refractivity contribution in [2.45, 2.75) is 13.3 Å². The van der Waals surface area contributed by atoms with E-state index in [4.69, 9.17) is 0 Å². The minimum absolute atomic E-state index is 0. The maximum Gasteiger partial charge on any atom is 4.00 e. The number of fused-ring (bicyclic) bond motifs is 1. The van der Waals surface area contributed by atoms with Gasteiger partial charge in [-0.1, -0.05) is 29.8 Å². The fourth-order valence-electron chi connectivity index (χ4n) is 1.91. The van der Waals surface area contributed by atoms with Crippen LogP contribution in [0.4, 0.5) is 0 Å². The van der Waals surface area contributed by atoms with E-state index in [-0.39, 0.29) is 52.4 Å². The van der Waals surface area contributed by atoms with E-state index in [9.17, 15) is 4.79 Å². The summed E-state index contributed by atoms with van der Waals surface area (Å²) in [7, 11) is 0. The average molecular weight is 318 g/mol. The van der Waals surface area contributed by atoms with Crippen LogP contribution in [0.3, 0.4) is 0 Å². The van der Waals surface area contributed by atoms with Crippen LogP contribution < -0.4 is 24.8 Å². The summed E-state index contributed by atoms with van der Waals surface area (Å²) in [6, 6.07) is 5.80. The van der Waals surface area contributed by atoms with Gasteiger partial charge in [-0.05, 0) is 24.5 Å². The topological polar surface area (TPSA) is 31.2 Å². The standard InChI is InChI=1S/C13H14NO.2ClH.Ti/c1-3-14-13(15)11-6-4-5-10-7-9(2)8-12(10)11;;;/h4-6,8H,1,3,7H2,2H3,(H,14,15);2*1H;/q-1;;;+4/p-3. The zero-order valence-electron chi connectivity index (χ0n) is 10.0. The van der Waals surface area contributed by atoms with Crippen LogP contribution in [0.1, 0.15) is 28.4 Å². The quantitative estimate of drug-likeness (QED) is 0.422. The second-order valence-corrected chi connectivity index (χ2v) is 3.73. The van der Waals surface area contributed by atoms with Crippen LogP contribution in [0, 0.1) is 6.92 Å². The Labute approximate surface area is 135 Å². The van der Waals surface area contributed by atoms with E-state index in [1.807, 2.05) is 12.1 Å². The number of allylic oxidation sites excluding steroid dienone is 1. The number of hydrogen-bond acceptors (Lipinski definition) is 1. The molecule has 0 atom stereocenters. The molecule has 1 aromatic carbocycles. The fourth-order valence-corrected chi connectivity index (χ4v) is 1.91. The van der Waals surface area contributed by atoms with Gasteiger partial charge in [0.1, 0.15) is 0 Å². The van der Waals surface area contributed by atoms with E-state index >= 15 is 0 Å². The molecule has 94 valence electrons. The van der Waals surface area contributed by atoms with Gasteiger partial charge in [-0.15, -0.1) is 0 Å². The van der Waals surface area contributed by atoms with Crippen LogP contribution >= 0.6 is 0 Å². The first-order valence-corrected chi connectivity index (χ1v) is 5.02. The molecule has 0 fully saturated rings. The Balaban J connectivity index is 0. The Morgan fingerprint density at radius 2 is 2.06 bits per heavy atom. The van der Waals surface area contributed by atoms with E-state index in [2.05, 4.69) is 31.3 Å². The Bertz CT molecular complexity index is 447. The number of carbonyl (C=O) groups excluding carboxylic acids is 1. The van der Waals surface area contributed by atoms with Crippen molar-refractivity contribution < 1.29 is 51.3 Å². The maximum atomic E-state index is 11.7. The van der Waals surface area contributed by atoms with Gasteiger partial charge in [0.05, 0.1) is 5.91 Å². The molecule has 0 saturated heterocycles. The summed E-state index contributed by atoms with van der Waals surface area (Å²) in [6.07, 6.45) is 3.02. The van der Waals surface area contributed by atoms with Gasteiger partial charge in [0.2, 0.25) is 0 Å². The molecule has 1 aromatic rings. The number of amides is 1. The first-order valence-electron chi connectivity index (χ1n) is 5.02. The molecule has 18 heavy (non-hydrogen) atoms. The van der Waals surface area contributed by atoms with Gasteiger partial charge in [-0.3, -0.25) is 6.54 Å². The Hall–Kier alpha value is -0.276. The van der Waals surface area contributed by atoms with Crippen molar-refractivity contribution in [3.8, 4) is 0 Å². The van der Waals surface area contributed by atoms with Crippen molar-refractivity contribution in [2.24, 2.45) is 0 Å². The van der Waals surface area contributed by atoms with Gasteiger partial charge in [0.25, 0.3) is 0 Å². The molecule has 0 radical (unpaired) electrons. The van der Waals surface area contributed by atoms with Crippen molar-refractivity contribution in [2.75, 3.05) is 6.54 Å². The summed E-state index contributed by atoms with van der Waals surface area (Å²) >= 11 is 0. The summed E-state index contributed by atoms with van der Waals surface area (Å²) in [5.41, 5.74) is 4.25. The SMILES string of the molecule is [CH2-]C[N-]C(=O)c1cccc2c1C=C(C)C2.[Cl-].[Cl-].[Ti+4]. The summed E-state index contributed by atoms with van der Waals surface area (Å²) in [6.45, 7) is 5.93. The van der Waals surface area contributed by atoms with Gasteiger partial charge >= 0.3 is 21.7 Å². The van der Waals surface area contributed by atoms with E-state index in [1.165, 1.54) is 11.1 Å². The smallest absolute Gasteiger partial charge is 1.00 e. The summed E-state index contributed by atoms with van der Waals surface area (Å²) in [5, 5.41) is 3.82. The van der Waals surface area contributed by atoms with Crippen LogP contribution in [-0.4, -0.2) is 12.5 Å². The van der Waals surface area contributed by atoms with Crippen LogP contribution in [-0.2, 0) is 28.1 Å². The van der Waals surface area contributed by atoms with Gasteiger partial charge in [0.15, 0.2) is 0 Å². The molecule has 0 spiro atoms. The summed E-state index contributed by atoms with van der Waals surface area (Å²) < 4.78 is 0. The second-order valence-electron chi connectivity index (χ2n) is 3.73. The number of carbonyl (C=O) groups is 1. The normalized spacial score (nSPS) is 11.1. The van der Waals surface area contributed by atoms with Crippen molar-refractivity contribution in [3.63, 3.8) is 0 Å². The molecule has 2 nitrogen and oxygen atoms in total. The summed E-state index contributed by atoms with van der Waals surface area (Å²) in [5.74, 6) is -0.159. The minimum Gasteiger partial charge on any atom is -1.00 e. The van der Waals surface area contributed by atoms with Crippen molar-refractivity contribution >= 4 is 12.0 Å². The molecule has 2 rings (SSSR count). The molecule has 0 aromatic heterocycles. The minimum atomic E-state index is -0.159. The van der Waals surface area contributed by atoms with Crippen molar-refractivity contribution in [3.05, 3.63) is 52.7 Å². The van der Waals surface area contributed by atoms with Crippen LogP contribution in [0.25, 0.3) is 11.4 Å². The third-order valence-corrected chi connectivity index (χ3v) is 2.54. The number of halogens is 2. The number of rotatable bonds is 2. The molecule has 0 saturated carbocycles. The molecular weight excluding hydrogens is 305 g/mol. The molecule has 1 aliphatic carbocycles. The predicted molar refractivity (Wildman–Crippen MR) is 61.7 cm³/mol. The molecular formula is C13H13Cl2NOTi. The molecule has 0 heterocycles. The zero-order valence-corrected chi connectivity index (χ0v) is 13.1. The Morgan fingerprint density at radius 1 is 1.39 bits per heavy atom. The van der Waals surface area contributed by atoms with E-state index in [1.54, 1.807) is 0 Å². The van der Waals surface area contributed by atoms with Gasteiger partial charge in [-0.25, -0.2) is 0 Å². The van der Waals surface area contributed by atoms with Crippen LogP contribution in [0.5, 0.6) is 0 Å². The zero-order chi connectivity index (χ0) is 10.8. The molecule has 0 bridgehead atoms. The Kier molecular flexibility index (Phi) is 9.76. The third-order valence-electron chi connectivity index (χ3n) is 2.54. The maximum absolute atomic E-state index is 11.7.